The highest BCUT2D eigenvalue weighted by atomic mass is 127. The van der Waals surface area contributed by atoms with Crippen LogP contribution in [0.1, 0.15) is 18.1 Å². The minimum atomic E-state index is 0. The summed E-state index contributed by atoms with van der Waals surface area (Å²) in [5, 5.41) is 6.23. The number of ether oxygens (including phenoxy) is 1. The molecule has 0 heterocycles. The van der Waals surface area contributed by atoms with Crippen LogP contribution in [0.4, 0.5) is 0 Å². The van der Waals surface area contributed by atoms with Crippen molar-refractivity contribution in [1.82, 2.24) is 15.5 Å². The van der Waals surface area contributed by atoms with Gasteiger partial charge in [-0.25, -0.2) is 4.99 Å². The zero-order chi connectivity index (χ0) is 17.1. The second kappa shape index (κ2) is 13.0. The summed E-state index contributed by atoms with van der Waals surface area (Å²) in [4.78, 5) is 17.8. The Kier molecular flexibility index (Phi) is 12.3. The lowest BCUT2D eigenvalue weighted by Crippen LogP contribution is -2.43. The van der Waals surface area contributed by atoms with E-state index in [9.17, 15) is 4.79 Å². The van der Waals surface area contributed by atoms with Gasteiger partial charge in [0.2, 0.25) is 5.91 Å². The van der Waals surface area contributed by atoms with Crippen molar-refractivity contribution in [3.63, 3.8) is 0 Å². The van der Waals surface area contributed by atoms with Gasteiger partial charge < -0.3 is 20.3 Å². The van der Waals surface area contributed by atoms with Crippen molar-refractivity contribution in [2.24, 2.45) is 4.99 Å². The zero-order valence-corrected chi connectivity index (χ0v) is 17.3. The van der Waals surface area contributed by atoms with E-state index in [1.54, 1.807) is 26.1 Å². The summed E-state index contributed by atoms with van der Waals surface area (Å²) in [6.07, 6.45) is 0.977. The van der Waals surface area contributed by atoms with Crippen LogP contribution >= 0.6 is 24.0 Å². The Labute approximate surface area is 162 Å². The van der Waals surface area contributed by atoms with Gasteiger partial charge >= 0.3 is 0 Å². The first-order valence-corrected chi connectivity index (χ1v) is 7.86. The Morgan fingerprint density at radius 2 is 1.88 bits per heavy atom. The Bertz CT molecular complexity index is 521. The first-order chi connectivity index (χ1) is 11.1. The molecule has 1 rings (SSSR count). The number of nitrogens with one attached hydrogen (secondary N) is 2. The largest absolute Gasteiger partial charge is 0.383 e. The van der Waals surface area contributed by atoms with Gasteiger partial charge in [0.05, 0.1) is 19.7 Å². The SMILES string of the molecule is CCc1ccccc1CN=C(NCCOC)NCC(=O)N(C)C.I. The number of carbonyl (C=O) groups is 1. The molecule has 0 saturated carbocycles. The number of aryl methyl sites for hydroxylation is 1. The monoisotopic (exact) mass is 448 g/mol. The third-order valence-corrected chi connectivity index (χ3v) is 3.41. The number of guanidine groups is 1. The van der Waals surface area contributed by atoms with E-state index >= 15 is 0 Å². The van der Waals surface area contributed by atoms with E-state index in [1.165, 1.54) is 11.1 Å². The van der Waals surface area contributed by atoms with Crippen molar-refractivity contribution >= 4 is 35.8 Å². The average Bonchev–Trinajstić information content (AvgIpc) is 2.56. The minimum Gasteiger partial charge on any atom is -0.383 e. The molecule has 0 atom stereocenters. The number of hydrogen-bond donors (Lipinski definition) is 2. The van der Waals surface area contributed by atoms with Crippen LogP contribution in [0, 0.1) is 0 Å². The maximum absolute atomic E-state index is 11.7. The number of carbonyl (C=O) groups excluding carboxylic acids is 1. The molecular formula is C17H29IN4O2. The van der Waals surface area contributed by atoms with E-state index in [4.69, 9.17) is 4.74 Å². The highest BCUT2D eigenvalue weighted by Crippen LogP contribution is 2.10. The van der Waals surface area contributed by atoms with Crippen LogP contribution in [0.5, 0.6) is 0 Å². The molecule has 0 aliphatic carbocycles. The molecule has 0 fully saturated rings. The van der Waals surface area contributed by atoms with Gasteiger partial charge in [0.1, 0.15) is 0 Å². The number of nitrogens with zero attached hydrogens (tertiary/aromatic N) is 2. The Hall–Kier alpha value is -1.35. The topological polar surface area (TPSA) is 66.0 Å². The summed E-state index contributed by atoms with van der Waals surface area (Å²) in [6, 6.07) is 8.26. The maximum Gasteiger partial charge on any atom is 0.241 e. The number of amides is 1. The molecule has 136 valence electrons. The van der Waals surface area contributed by atoms with Crippen molar-refractivity contribution in [3.8, 4) is 0 Å². The predicted octanol–water partition coefficient (Wildman–Crippen LogP) is 1.64. The maximum atomic E-state index is 11.7. The second-order valence-electron chi connectivity index (χ2n) is 5.35. The predicted molar refractivity (Wildman–Crippen MR) is 109 cm³/mol. The molecule has 0 aromatic heterocycles. The standard InChI is InChI=1S/C17H28N4O2.HI/c1-5-14-8-6-7-9-15(14)12-19-17(18-10-11-23-4)20-13-16(22)21(2)3;/h6-9H,5,10-13H2,1-4H3,(H2,18,19,20);1H. The smallest absolute Gasteiger partial charge is 0.241 e. The molecular weight excluding hydrogens is 419 g/mol. The molecule has 24 heavy (non-hydrogen) atoms. The average molecular weight is 448 g/mol. The van der Waals surface area contributed by atoms with Crippen LogP contribution in [0.25, 0.3) is 0 Å². The minimum absolute atomic E-state index is 0. The fourth-order valence-corrected chi connectivity index (χ4v) is 1.98. The van der Waals surface area contributed by atoms with Gasteiger partial charge in [0.15, 0.2) is 5.96 Å². The first-order valence-electron chi connectivity index (χ1n) is 7.86. The molecule has 0 aliphatic heterocycles. The summed E-state index contributed by atoms with van der Waals surface area (Å²) in [5.74, 6) is 0.614. The number of likely N-dealkylation sites (N-methyl/N-ethyl adjacent to an activating group) is 1. The lowest BCUT2D eigenvalue weighted by molar-refractivity contribution is -0.127. The molecule has 2 N–H and O–H groups in total. The van der Waals surface area contributed by atoms with Gasteiger partial charge in [0, 0.05) is 27.7 Å². The fourth-order valence-electron chi connectivity index (χ4n) is 1.98. The van der Waals surface area contributed by atoms with Crippen molar-refractivity contribution in [3.05, 3.63) is 35.4 Å². The van der Waals surface area contributed by atoms with Gasteiger partial charge in [-0.3, -0.25) is 4.79 Å². The van der Waals surface area contributed by atoms with Crippen LogP contribution in [-0.4, -0.2) is 57.7 Å². The van der Waals surface area contributed by atoms with Gasteiger partial charge in [-0.15, -0.1) is 24.0 Å². The molecule has 0 unspecified atom stereocenters. The van der Waals surface area contributed by atoms with Crippen molar-refractivity contribution in [1.29, 1.82) is 0 Å². The highest BCUT2D eigenvalue weighted by molar-refractivity contribution is 14.0. The third-order valence-electron chi connectivity index (χ3n) is 3.41. The Morgan fingerprint density at radius 1 is 1.21 bits per heavy atom. The zero-order valence-electron chi connectivity index (χ0n) is 15.0. The summed E-state index contributed by atoms with van der Waals surface area (Å²) in [5.41, 5.74) is 2.48. The molecule has 0 spiro atoms. The van der Waals surface area contributed by atoms with Gasteiger partial charge in [0.25, 0.3) is 0 Å². The van der Waals surface area contributed by atoms with Crippen LogP contribution in [0.2, 0.25) is 0 Å². The molecule has 0 aliphatic rings. The van der Waals surface area contributed by atoms with Crippen LogP contribution < -0.4 is 10.6 Å². The molecule has 6 nitrogen and oxygen atoms in total. The van der Waals surface area contributed by atoms with E-state index in [2.05, 4.69) is 34.7 Å². The number of methoxy groups -OCH3 is 1. The summed E-state index contributed by atoms with van der Waals surface area (Å²) >= 11 is 0. The fraction of sp³-hybridized carbons (Fsp3) is 0.529. The summed E-state index contributed by atoms with van der Waals surface area (Å²) < 4.78 is 5.03. The van der Waals surface area contributed by atoms with Crippen molar-refractivity contribution < 1.29 is 9.53 Å². The molecule has 0 saturated heterocycles. The quantitative estimate of drug-likeness (QED) is 0.275. The lowest BCUT2D eigenvalue weighted by atomic mass is 10.1. The van der Waals surface area contributed by atoms with E-state index in [0.29, 0.717) is 25.7 Å². The van der Waals surface area contributed by atoms with E-state index in [-0.39, 0.29) is 36.4 Å². The van der Waals surface area contributed by atoms with E-state index in [1.807, 2.05) is 12.1 Å². The number of rotatable bonds is 8. The van der Waals surface area contributed by atoms with E-state index < -0.39 is 0 Å². The third kappa shape index (κ3) is 8.49. The van der Waals surface area contributed by atoms with Gasteiger partial charge in [-0.05, 0) is 17.5 Å². The molecule has 7 heteroatoms. The van der Waals surface area contributed by atoms with Crippen molar-refractivity contribution in [2.75, 3.05) is 40.9 Å². The molecule has 0 bridgehead atoms. The summed E-state index contributed by atoms with van der Waals surface area (Å²) in [6.45, 7) is 4.12. The van der Waals surface area contributed by atoms with Gasteiger partial charge in [-0.1, -0.05) is 31.2 Å². The number of aliphatic imine (C=N–C) groups is 1. The summed E-state index contributed by atoms with van der Waals surface area (Å²) in [7, 11) is 5.12. The highest BCUT2D eigenvalue weighted by Gasteiger charge is 2.06. The Balaban J connectivity index is 0.00000529. The molecule has 0 radical (unpaired) electrons. The van der Waals surface area contributed by atoms with Crippen LogP contribution in [0.15, 0.2) is 29.3 Å². The van der Waals surface area contributed by atoms with E-state index in [0.717, 1.165) is 6.42 Å². The normalized spacial score (nSPS) is 10.8. The number of halogens is 1. The molecule has 1 aromatic rings. The lowest BCUT2D eigenvalue weighted by Gasteiger charge is -2.15. The molecule has 1 amide bonds. The van der Waals surface area contributed by atoms with Crippen LogP contribution in [0.3, 0.4) is 0 Å². The molecule has 1 aromatic carbocycles. The second-order valence-corrected chi connectivity index (χ2v) is 5.35. The number of benzene rings is 1. The Morgan fingerprint density at radius 3 is 2.46 bits per heavy atom. The van der Waals surface area contributed by atoms with Crippen LogP contribution in [-0.2, 0) is 22.5 Å². The number of hydrogen-bond acceptors (Lipinski definition) is 3. The van der Waals surface area contributed by atoms with Gasteiger partial charge in [-0.2, -0.15) is 0 Å². The van der Waals surface area contributed by atoms with Crippen molar-refractivity contribution in [2.45, 2.75) is 19.9 Å². The first kappa shape index (κ1) is 22.6.